The van der Waals surface area contributed by atoms with Crippen LogP contribution in [-0.2, 0) is 9.59 Å². The maximum Gasteiger partial charge on any atom is 0.303 e. The summed E-state index contributed by atoms with van der Waals surface area (Å²) in [5.74, 6) is -0.203. The van der Waals surface area contributed by atoms with Gasteiger partial charge < -0.3 is 30.0 Å². The van der Waals surface area contributed by atoms with Crippen LogP contribution in [0.5, 0.6) is 11.5 Å². The summed E-state index contributed by atoms with van der Waals surface area (Å²) in [7, 11) is 0. The summed E-state index contributed by atoms with van der Waals surface area (Å²) in [5, 5.41) is 21.7. The van der Waals surface area contributed by atoms with Gasteiger partial charge in [-0.2, -0.15) is 0 Å². The second-order valence-corrected chi connectivity index (χ2v) is 13.2. The Labute approximate surface area is 291 Å². The molecule has 3 aromatic rings. The van der Waals surface area contributed by atoms with E-state index in [9.17, 15) is 9.59 Å². The summed E-state index contributed by atoms with van der Waals surface area (Å²) >= 11 is 0. The topological polar surface area (TPSA) is 146 Å². The Balaban J connectivity index is 1.20. The molecule has 1 saturated heterocycles. The summed E-state index contributed by atoms with van der Waals surface area (Å²) in [6, 6.07) is 20.4. The van der Waals surface area contributed by atoms with Crippen molar-refractivity contribution in [2.24, 2.45) is 9.98 Å². The molecular formula is C40H42N4O6. The van der Waals surface area contributed by atoms with E-state index in [1.165, 1.54) is 5.71 Å². The number of nitrogens with one attached hydrogen (secondary N) is 2. The van der Waals surface area contributed by atoms with Gasteiger partial charge in [0, 0.05) is 59.2 Å². The average Bonchev–Trinajstić information content (AvgIpc) is 3.93. The van der Waals surface area contributed by atoms with Crippen molar-refractivity contribution in [2.75, 3.05) is 13.2 Å². The molecule has 4 aliphatic heterocycles. The van der Waals surface area contributed by atoms with E-state index in [2.05, 4.69) is 58.9 Å². The number of ether oxygens (including phenoxy) is 2. The van der Waals surface area contributed by atoms with Gasteiger partial charge in [0.1, 0.15) is 11.5 Å². The van der Waals surface area contributed by atoms with E-state index in [0.29, 0.717) is 31.8 Å². The fourth-order valence-electron chi connectivity index (χ4n) is 7.25. The monoisotopic (exact) mass is 674 g/mol. The van der Waals surface area contributed by atoms with Gasteiger partial charge in [-0.3, -0.25) is 19.6 Å². The Kier molecular flexibility index (Phi) is 9.96. The molecule has 4 N–H and O–H groups in total. The highest BCUT2D eigenvalue weighted by Gasteiger charge is 2.32. The van der Waals surface area contributed by atoms with Crippen LogP contribution >= 0.6 is 0 Å². The van der Waals surface area contributed by atoms with E-state index in [4.69, 9.17) is 29.7 Å². The van der Waals surface area contributed by atoms with E-state index >= 15 is 0 Å². The second-order valence-electron chi connectivity index (χ2n) is 13.2. The summed E-state index contributed by atoms with van der Waals surface area (Å²) in [6.45, 7) is 0.689. The van der Waals surface area contributed by atoms with E-state index in [0.717, 1.165) is 83.0 Å². The van der Waals surface area contributed by atoms with Gasteiger partial charge in [0.05, 0.1) is 31.0 Å². The number of hydrogen-bond donors (Lipinski definition) is 4. The van der Waals surface area contributed by atoms with Crippen LogP contribution in [0, 0.1) is 0 Å². The first-order valence-electron chi connectivity index (χ1n) is 17.5. The summed E-state index contributed by atoms with van der Waals surface area (Å²) in [5.41, 5.74) is 9.62. The zero-order valence-electron chi connectivity index (χ0n) is 27.9. The Morgan fingerprint density at radius 2 is 1.62 bits per heavy atom. The molecule has 0 saturated carbocycles. The van der Waals surface area contributed by atoms with Crippen molar-refractivity contribution >= 4 is 35.0 Å². The van der Waals surface area contributed by atoms with E-state index < -0.39 is 11.9 Å². The molecule has 258 valence electrons. The molecule has 10 heteroatoms. The van der Waals surface area contributed by atoms with Gasteiger partial charge >= 0.3 is 11.9 Å². The fourth-order valence-corrected chi connectivity index (χ4v) is 7.25. The molecule has 8 bridgehead atoms. The molecule has 3 atom stereocenters. The number of carboxylic acids is 2. The number of allylic oxidation sites excluding steroid dienone is 4. The summed E-state index contributed by atoms with van der Waals surface area (Å²) < 4.78 is 11.9. The zero-order chi connectivity index (χ0) is 34.5. The second kappa shape index (κ2) is 15.0. The first-order chi connectivity index (χ1) is 24.4. The summed E-state index contributed by atoms with van der Waals surface area (Å²) in [4.78, 5) is 36.1. The lowest BCUT2D eigenvalue weighted by Gasteiger charge is -2.22. The highest BCUT2D eigenvalue weighted by molar-refractivity contribution is 6.31. The minimum atomic E-state index is -0.824. The van der Waals surface area contributed by atoms with E-state index in [1.54, 1.807) is 0 Å². The number of aromatic amines is 1. The van der Waals surface area contributed by atoms with Crippen molar-refractivity contribution in [3.8, 4) is 11.5 Å². The van der Waals surface area contributed by atoms with Crippen LogP contribution in [-0.4, -0.2) is 63.9 Å². The number of aliphatic carboxylic acids is 2. The molecule has 2 aromatic carbocycles. The molecule has 0 aliphatic carbocycles. The first kappa shape index (κ1) is 33.1. The van der Waals surface area contributed by atoms with Crippen molar-refractivity contribution in [1.82, 2.24) is 10.3 Å². The Hall–Kier alpha value is -5.38. The van der Waals surface area contributed by atoms with Gasteiger partial charge in [0.25, 0.3) is 0 Å². The van der Waals surface area contributed by atoms with Crippen LogP contribution < -0.4 is 14.8 Å². The molecule has 10 nitrogen and oxygen atoms in total. The third kappa shape index (κ3) is 7.91. The molecule has 50 heavy (non-hydrogen) atoms. The minimum Gasteiger partial charge on any atom is -0.494 e. The number of benzene rings is 2. The van der Waals surface area contributed by atoms with Gasteiger partial charge in [-0.05, 0) is 98.2 Å². The molecule has 5 heterocycles. The highest BCUT2D eigenvalue weighted by atomic mass is 16.5. The number of H-pyrrole nitrogens is 1. The van der Waals surface area contributed by atoms with Crippen molar-refractivity contribution < 1.29 is 29.3 Å². The number of fused-ring (bicyclic) bond motifs is 6. The Bertz CT molecular complexity index is 1920. The highest BCUT2D eigenvalue weighted by Crippen LogP contribution is 2.38. The van der Waals surface area contributed by atoms with Gasteiger partial charge in [0.2, 0.25) is 0 Å². The largest absolute Gasteiger partial charge is 0.494 e. The smallest absolute Gasteiger partial charge is 0.303 e. The Morgan fingerprint density at radius 3 is 2.40 bits per heavy atom. The normalized spacial score (nSPS) is 21.0. The number of carbonyl (C=O) groups is 2. The zero-order valence-corrected chi connectivity index (χ0v) is 27.9. The maximum atomic E-state index is 10.9. The maximum absolute atomic E-state index is 10.9. The molecule has 4 aliphatic rings. The quantitative estimate of drug-likeness (QED) is 0.149. The van der Waals surface area contributed by atoms with E-state index in [-0.39, 0.29) is 30.8 Å². The number of carboxylic acid groups (broad SMARTS) is 2. The van der Waals surface area contributed by atoms with Crippen molar-refractivity contribution in [1.29, 1.82) is 0 Å². The number of hydrogen-bond acceptors (Lipinski definition) is 7. The van der Waals surface area contributed by atoms with Gasteiger partial charge in [-0.25, -0.2) is 0 Å². The molecule has 0 amide bonds. The van der Waals surface area contributed by atoms with Crippen LogP contribution in [0.3, 0.4) is 0 Å². The average molecular weight is 675 g/mol. The van der Waals surface area contributed by atoms with Crippen LogP contribution in [0.25, 0.3) is 11.6 Å². The third-order valence-corrected chi connectivity index (χ3v) is 9.54. The van der Waals surface area contributed by atoms with Crippen molar-refractivity contribution in [3.63, 3.8) is 0 Å². The summed E-state index contributed by atoms with van der Waals surface area (Å²) in [6.07, 6.45) is 11.9. The molecule has 0 radical (unpaired) electrons. The first-order valence-corrected chi connectivity index (χ1v) is 17.5. The van der Waals surface area contributed by atoms with Gasteiger partial charge in [-0.15, -0.1) is 0 Å². The van der Waals surface area contributed by atoms with Gasteiger partial charge in [-0.1, -0.05) is 30.3 Å². The minimum absolute atomic E-state index is 0.00376. The van der Waals surface area contributed by atoms with E-state index in [1.807, 2.05) is 30.3 Å². The van der Waals surface area contributed by atoms with Crippen LogP contribution in [0.4, 0.5) is 0 Å². The molecule has 0 spiro atoms. The van der Waals surface area contributed by atoms with Gasteiger partial charge in [0.15, 0.2) is 0 Å². The lowest BCUT2D eigenvalue weighted by Crippen LogP contribution is -2.17. The molecule has 3 unspecified atom stereocenters. The molecule has 1 fully saturated rings. The van der Waals surface area contributed by atoms with Crippen LogP contribution in [0.2, 0.25) is 0 Å². The number of aliphatic imine (C=N–C) groups is 2. The Morgan fingerprint density at radius 1 is 0.860 bits per heavy atom. The van der Waals surface area contributed by atoms with Crippen LogP contribution in [0.15, 0.2) is 94.2 Å². The number of aromatic nitrogens is 1. The van der Waals surface area contributed by atoms with Crippen molar-refractivity contribution in [2.45, 2.75) is 75.8 Å². The predicted octanol–water partition coefficient (Wildman–Crippen LogP) is 7.16. The standard InChI is InChI=1S/C40H42N4O6/c45-37(46)9-3-19-49-31-7-1-5-25(21-31)39-33-15-11-27(41-33)23-29-13-17-35(43-29)40(26-6-2-8-32(22-26)50-20-4-10-38(47)48)36-18-14-30(44-36)24-28-12-16-34(39)42-28/h1-2,5-8,11,14-15,18,21-23,30,34,39,41,43H,3-4,9-10,12-13,16-17,19-20,24H2,(H,45,46)(H,47,48). The predicted molar refractivity (Wildman–Crippen MR) is 193 cm³/mol. The molecule has 1 aromatic heterocycles. The fraction of sp³-hybridized carbons (Fsp3) is 0.350. The third-order valence-electron chi connectivity index (χ3n) is 9.54. The SMILES string of the molecule is O=C(O)CCCOc1cccc(C2=C3CCC(=Cc4ccc([nH]4)C(c4cccc(OCCCC(=O)O)c4)C4CCC(=N4)CC4C=CC2=N4)N3)c1. The van der Waals surface area contributed by atoms with Crippen LogP contribution in [0.1, 0.15) is 86.2 Å². The number of nitrogens with zero attached hydrogens (tertiary/aromatic N) is 2. The lowest BCUT2D eigenvalue weighted by molar-refractivity contribution is -0.138. The van der Waals surface area contributed by atoms with Crippen molar-refractivity contribution in [3.05, 3.63) is 107 Å². The molecule has 7 rings (SSSR count). The molecular weight excluding hydrogens is 632 g/mol. The number of rotatable bonds is 12. The lowest BCUT2D eigenvalue weighted by atomic mass is 9.87.